The summed E-state index contributed by atoms with van der Waals surface area (Å²) >= 11 is 1.61. The molecule has 0 aliphatic rings. The number of aliphatic carboxylic acids is 1. The predicted molar refractivity (Wildman–Crippen MR) is 163 cm³/mol. The van der Waals surface area contributed by atoms with Crippen molar-refractivity contribution < 1.29 is 9.90 Å². The van der Waals surface area contributed by atoms with Crippen LogP contribution in [-0.4, -0.2) is 35.2 Å². The first-order chi connectivity index (χ1) is 18.7. The van der Waals surface area contributed by atoms with Gasteiger partial charge < -0.3 is 15.7 Å². The van der Waals surface area contributed by atoms with Crippen LogP contribution in [0.2, 0.25) is 0 Å². The first kappa shape index (κ1) is 28.5. The van der Waals surface area contributed by atoms with Gasteiger partial charge in [0.2, 0.25) is 0 Å². The summed E-state index contributed by atoms with van der Waals surface area (Å²) in [5.74, 6) is -0.832. The van der Waals surface area contributed by atoms with Crippen LogP contribution < -0.4 is 10.6 Å². The smallest absolute Gasteiger partial charge is 0.321 e. The minimum Gasteiger partial charge on any atom is -0.480 e. The van der Waals surface area contributed by atoms with Crippen molar-refractivity contribution in [1.29, 1.82) is 0 Å². The van der Waals surface area contributed by atoms with Gasteiger partial charge in [-0.25, -0.2) is 4.98 Å². The second kappa shape index (κ2) is 13.5. The molecule has 0 aliphatic carbocycles. The molecule has 0 radical (unpaired) electrons. The molecule has 1 heterocycles. The number of benzene rings is 3. The van der Waals surface area contributed by atoms with Crippen molar-refractivity contribution in [2.75, 3.05) is 18.4 Å². The lowest BCUT2D eigenvalue weighted by Gasteiger charge is -2.18. The van der Waals surface area contributed by atoms with E-state index in [1.807, 2.05) is 30.3 Å². The van der Waals surface area contributed by atoms with Crippen LogP contribution in [0.5, 0.6) is 0 Å². The minimum atomic E-state index is -0.832. The third kappa shape index (κ3) is 9.34. The molecule has 0 amide bonds. The van der Waals surface area contributed by atoms with E-state index in [2.05, 4.69) is 85.3 Å². The molecule has 4 rings (SSSR count). The summed E-state index contributed by atoms with van der Waals surface area (Å²) in [6.45, 7) is 8.27. The maximum Gasteiger partial charge on any atom is 0.321 e. The Morgan fingerprint density at radius 1 is 0.872 bits per heavy atom. The van der Waals surface area contributed by atoms with Crippen LogP contribution in [0.3, 0.4) is 0 Å². The first-order valence-corrected chi connectivity index (χ1v) is 14.5. The van der Waals surface area contributed by atoms with E-state index in [1.54, 1.807) is 11.3 Å². The maximum absolute atomic E-state index is 11.7. The maximum atomic E-state index is 11.7. The number of carbonyl (C=O) groups is 1. The van der Waals surface area contributed by atoms with Gasteiger partial charge in [-0.2, -0.15) is 0 Å². The second-order valence-electron chi connectivity index (χ2n) is 11.2. The summed E-state index contributed by atoms with van der Waals surface area (Å²) in [4.78, 5) is 16.5. The number of anilines is 1. The summed E-state index contributed by atoms with van der Waals surface area (Å²) < 4.78 is 0. The number of aromatic nitrogens is 1. The molecule has 0 fully saturated rings. The molecule has 0 spiro atoms. The fourth-order valence-corrected chi connectivity index (χ4v) is 5.36. The van der Waals surface area contributed by atoms with Gasteiger partial charge >= 0.3 is 5.97 Å². The highest BCUT2D eigenvalue weighted by molar-refractivity contribution is 7.09. The number of carboxylic acid groups (broad SMARTS) is 1. The Balaban J connectivity index is 1.22. The van der Waals surface area contributed by atoms with Crippen molar-refractivity contribution in [3.05, 3.63) is 106 Å². The molecule has 3 N–H and O–H groups in total. The van der Waals surface area contributed by atoms with Crippen LogP contribution in [-0.2, 0) is 30.5 Å². The van der Waals surface area contributed by atoms with Crippen LogP contribution in [0, 0.1) is 5.41 Å². The van der Waals surface area contributed by atoms with Gasteiger partial charge in [0, 0.05) is 36.1 Å². The van der Waals surface area contributed by atoms with Crippen molar-refractivity contribution >= 4 is 23.0 Å². The van der Waals surface area contributed by atoms with E-state index in [1.165, 1.54) is 11.1 Å². The molecule has 0 bridgehead atoms. The van der Waals surface area contributed by atoms with E-state index in [9.17, 15) is 9.90 Å². The molecule has 1 atom stereocenters. The molecular formula is C33H39N3O2S. The average molecular weight is 542 g/mol. The highest BCUT2D eigenvalue weighted by atomic mass is 32.1. The Morgan fingerprint density at radius 3 is 2.23 bits per heavy atom. The fraction of sp³-hybridized carbons (Fsp3) is 0.333. The number of thiazole rings is 1. The van der Waals surface area contributed by atoms with Crippen molar-refractivity contribution in [3.63, 3.8) is 0 Å². The van der Waals surface area contributed by atoms with Gasteiger partial charge in [0.1, 0.15) is 6.04 Å². The van der Waals surface area contributed by atoms with Crippen LogP contribution in [0.15, 0.2) is 84.2 Å². The first-order valence-electron chi connectivity index (χ1n) is 13.6. The summed E-state index contributed by atoms with van der Waals surface area (Å²) in [5.41, 5.74) is 7.19. The molecule has 6 heteroatoms. The van der Waals surface area contributed by atoms with Crippen molar-refractivity contribution in [2.24, 2.45) is 5.41 Å². The van der Waals surface area contributed by atoms with Crippen molar-refractivity contribution in [2.45, 2.75) is 52.5 Å². The molecule has 1 unspecified atom stereocenters. The Bertz CT molecular complexity index is 1310. The van der Waals surface area contributed by atoms with E-state index in [-0.39, 0.29) is 0 Å². The number of nitrogens with zero attached hydrogens (tertiary/aromatic N) is 1. The number of nitrogens with one attached hydrogen (secondary N) is 2. The molecule has 204 valence electrons. The third-order valence-corrected chi connectivity index (χ3v) is 7.45. The zero-order valence-corrected chi connectivity index (χ0v) is 23.9. The van der Waals surface area contributed by atoms with Gasteiger partial charge in [0.15, 0.2) is 0 Å². The van der Waals surface area contributed by atoms with Crippen LogP contribution >= 0.6 is 11.3 Å². The second-order valence-corrected chi connectivity index (χ2v) is 12.2. The third-order valence-electron chi connectivity index (χ3n) is 6.54. The van der Waals surface area contributed by atoms with E-state index < -0.39 is 12.0 Å². The van der Waals surface area contributed by atoms with Crippen LogP contribution in [0.25, 0.3) is 11.3 Å². The number of carboxylic acids is 1. The quantitative estimate of drug-likeness (QED) is 0.172. The van der Waals surface area contributed by atoms with E-state index in [0.717, 1.165) is 46.9 Å². The van der Waals surface area contributed by atoms with Crippen LogP contribution in [0.4, 0.5) is 5.69 Å². The molecule has 5 nitrogen and oxygen atoms in total. The molecule has 39 heavy (non-hydrogen) atoms. The number of hydrogen-bond acceptors (Lipinski definition) is 5. The van der Waals surface area contributed by atoms with Gasteiger partial charge in [0.05, 0.1) is 10.7 Å². The monoisotopic (exact) mass is 541 g/mol. The van der Waals surface area contributed by atoms with Crippen LogP contribution in [0.1, 0.15) is 42.5 Å². The van der Waals surface area contributed by atoms with Gasteiger partial charge in [-0.3, -0.25) is 4.79 Å². The fourth-order valence-electron chi connectivity index (χ4n) is 4.55. The topological polar surface area (TPSA) is 74.2 Å². The zero-order chi connectivity index (χ0) is 27.7. The largest absolute Gasteiger partial charge is 0.480 e. The molecular weight excluding hydrogens is 502 g/mol. The average Bonchev–Trinajstić information content (AvgIpc) is 3.38. The molecule has 1 aromatic heterocycles. The minimum absolute atomic E-state index is 0.306. The number of rotatable bonds is 13. The summed E-state index contributed by atoms with van der Waals surface area (Å²) in [5, 5.41) is 19.3. The van der Waals surface area contributed by atoms with Gasteiger partial charge in [-0.15, -0.1) is 11.3 Å². The Hall–Kier alpha value is -3.48. The van der Waals surface area contributed by atoms with Crippen molar-refractivity contribution in [1.82, 2.24) is 10.3 Å². The van der Waals surface area contributed by atoms with Gasteiger partial charge in [0.25, 0.3) is 0 Å². The normalized spacial score (nSPS) is 12.3. The summed E-state index contributed by atoms with van der Waals surface area (Å²) in [6.07, 6.45) is 3.23. The Morgan fingerprint density at radius 2 is 1.56 bits per heavy atom. The zero-order valence-electron chi connectivity index (χ0n) is 23.1. The Kier molecular flexibility index (Phi) is 9.90. The van der Waals surface area contributed by atoms with E-state index in [4.69, 9.17) is 4.98 Å². The van der Waals surface area contributed by atoms with E-state index in [0.29, 0.717) is 24.8 Å². The Labute approximate surface area is 236 Å². The highest BCUT2D eigenvalue weighted by Crippen LogP contribution is 2.24. The standard InChI is InChI=1S/C33H39N3O2S/c1-33(2,3)22-26-11-9-24(10-12-26)17-19-34-28-15-13-27(14-16-28)30-23-39-31(36-30)18-20-35-29(32(37)38)21-25-7-5-4-6-8-25/h4-16,23,29,34-35H,17-22H2,1-3H3,(H,37,38). The molecule has 0 saturated carbocycles. The van der Waals surface area contributed by atoms with Gasteiger partial charge in [-0.1, -0.05) is 87.5 Å². The van der Waals surface area contributed by atoms with Crippen molar-refractivity contribution in [3.8, 4) is 11.3 Å². The number of hydrogen-bond donors (Lipinski definition) is 3. The molecule has 0 aliphatic heterocycles. The SMILES string of the molecule is CC(C)(C)Cc1ccc(CCNc2ccc(-c3csc(CCNC(Cc4ccccc4)C(=O)O)n3)cc2)cc1. The lowest BCUT2D eigenvalue weighted by molar-refractivity contribution is -0.139. The molecule has 4 aromatic rings. The molecule has 3 aromatic carbocycles. The lowest BCUT2D eigenvalue weighted by atomic mass is 9.88. The summed E-state index contributed by atoms with van der Waals surface area (Å²) in [6, 6.07) is 26.5. The van der Waals surface area contributed by atoms with E-state index >= 15 is 0 Å². The van der Waals surface area contributed by atoms with Gasteiger partial charge in [-0.05, 0) is 53.5 Å². The summed E-state index contributed by atoms with van der Waals surface area (Å²) in [7, 11) is 0. The molecule has 0 saturated heterocycles. The predicted octanol–water partition coefficient (Wildman–Crippen LogP) is 6.88. The lowest BCUT2D eigenvalue weighted by Crippen LogP contribution is -2.39. The highest BCUT2D eigenvalue weighted by Gasteiger charge is 2.17.